The van der Waals surface area contributed by atoms with Crippen LogP contribution in [0.3, 0.4) is 0 Å². The number of benzene rings is 2. The first kappa shape index (κ1) is 18.8. The molecule has 6 nitrogen and oxygen atoms in total. The van der Waals surface area contributed by atoms with Crippen LogP contribution in [0.25, 0.3) is 0 Å². The Bertz CT molecular complexity index is 789. The fourth-order valence-electron chi connectivity index (χ4n) is 3.24. The highest BCUT2D eigenvalue weighted by atomic mass is 16.5. The van der Waals surface area contributed by atoms with Crippen molar-refractivity contribution in [1.82, 2.24) is 4.90 Å². The molecule has 2 aromatic rings. The molecule has 1 saturated heterocycles. The van der Waals surface area contributed by atoms with Gasteiger partial charge in [-0.2, -0.15) is 0 Å². The average molecular weight is 368 g/mol. The monoisotopic (exact) mass is 368 g/mol. The van der Waals surface area contributed by atoms with E-state index < -0.39 is 0 Å². The quantitative estimate of drug-likeness (QED) is 0.876. The third-order valence-electron chi connectivity index (χ3n) is 4.69. The normalized spacial score (nSPS) is 13.8. The van der Waals surface area contributed by atoms with Crippen molar-refractivity contribution in [2.45, 2.75) is 19.3 Å². The summed E-state index contributed by atoms with van der Waals surface area (Å²) >= 11 is 0. The Hall–Kier alpha value is -3.02. The van der Waals surface area contributed by atoms with Crippen molar-refractivity contribution >= 4 is 17.5 Å². The van der Waals surface area contributed by atoms with Crippen molar-refractivity contribution in [3.63, 3.8) is 0 Å². The maximum Gasteiger partial charge on any atom is 0.263 e. The molecule has 3 rings (SSSR count). The lowest BCUT2D eigenvalue weighted by Gasteiger charge is -2.26. The van der Waals surface area contributed by atoms with Gasteiger partial charge in [0.15, 0.2) is 0 Å². The van der Waals surface area contributed by atoms with Gasteiger partial charge in [0.1, 0.15) is 17.1 Å². The minimum absolute atomic E-state index is 0.0407. The van der Waals surface area contributed by atoms with Gasteiger partial charge < -0.3 is 19.7 Å². The second-order valence-electron chi connectivity index (χ2n) is 6.42. The highest BCUT2D eigenvalue weighted by molar-refractivity contribution is 6.08. The van der Waals surface area contributed by atoms with E-state index in [2.05, 4.69) is 5.32 Å². The summed E-state index contributed by atoms with van der Waals surface area (Å²) in [4.78, 5) is 27.1. The Labute approximate surface area is 159 Å². The smallest absolute Gasteiger partial charge is 0.263 e. The van der Waals surface area contributed by atoms with E-state index in [9.17, 15) is 9.59 Å². The van der Waals surface area contributed by atoms with E-state index in [0.29, 0.717) is 28.3 Å². The van der Waals surface area contributed by atoms with Crippen LogP contribution in [0.4, 0.5) is 5.69 Å². The second-order valence-corrected chi connectivity index (χ2v) is 6.42. The number of ether oxygens (including phenoxy) is 2. The Morgan fingerprint density at radius 2 is 1.48 bits per heavy atom. The minimum atomic E-state index is -0.334. The number of rotatable bonds is 5. The largest absolute Gasteiger partial charge is 0.496 e. The predicted molar refractivity (Wildman–Crippen MR) is 104 cm³/mol. The molecular weight excluding hydrogens is 344 g/mol. The zero-order chi connectivity index (χ0) is 19.2. The number of anilines is 1. The van der Waals surface area contributed by atoms with E-state index in [-0.39, 0.29) is 11.8 Å². The third-order valence-corrected chi connectivity index (χ3v) is 4.69. The van der Waals surface area contributed by atoms with Crippen molar-refractivity contribution < 1.29 is 19.1 Å². The average Bonchev–Trinajstić information content (AvgIpc) is 2.73. The molecule has 1 aliphatic rings. The summed E-state index contributed by atoms with van der Waals surface area (Å²) < 4.78 is 10.5. The first-order valence-electron chi connectivity index (χ1n) is 9.05. The number of nitrogens with zero attached hydrogens (tertiary/aromatic N) is 1. The van der Waals surface area contributed by atoms with Gasteiger partial charge in [0.05, 0.1) is 14.2 Å². The summed E-state index contributed by atoms with van der Waals surface area (Å²) in [5, 5.41) is 2.83. The lowest BCUT2D eigenvalue weighted by molar-refractivity contribution is 0.0724. The van der Waals surface area contributed by atoms with Crippen molar-refractivity contribution in [3.05, 3.63) is 53.6 Å². The summed E-state index contributed by atoms with van der Waals surface area (Å²) in [5.41, 5.74) is 1.56. The topological polar surface area (TPSA) is 67.9 Å². The van der Waals surface area contributed by atoms with E-state index in [0.717, 1.165) is 25.9 Å². The van der Waals surface area contributed by atoms with Crippen LogP contribution >= 0.6 is 0 Å². The van der Waals surface area contributed by atoms with Gasteiger partial charge in [0.2, 0.25) is 0 Å². The molecule has 27 heavy (non-hydrogen) atoms. The Balaban J connectivity index is 1.73. The molecule has 0 spiro atoms. The molecule has 0 bridgehead atoms. The van der Waals surface area contributed by atoms with Gasteiger partial charge in [0.25, 0.3) is 11.8 Å². The number of piperidine rings is 1. The molecule has 1 N–H and O–H groups in total. The van der Waals surface area contributed by atoms with E-state index in [1.165, 1.54) is 20.6 Å². The molecule has 0 unspecified atom stereocenters. The van der Waals surface area contributed by atoms with Crippen LogP contribution in [-0.2, 0) is 0 Å². The van der Waals surface area contributed by atoms with Crippen molar-refractivity contribution in [2.24, 2.45) is 0 Å². The number of hydrogen-bond acceptors (Lipinski definition) is 4. The summed E-state index contributed by atoms with van der Waals surface area (Å²) in [7, 11) is 3.01. The summed E-state index contributed by atoms with van der Waals surface area (Å²) in [5.74, 6) is 0.575. The maximum atomic E-state index is 12.7. The molecule has 0 atom stereocenters. The van der Waals surface area contributed by atoms with Crippen LogP contribution < -0.4 is 14.8 Å². The summed E-state index contributed by atoms with van der Waals surface area (Å²) in [6.45, 7) is 1.62. The molecule has 1 heterocycles. The molecule has 6 heteroatoms. The highest BCUT2D eigenvalue weighted by Gasteiger charge is 2.20. The SMILES string of the molecule is COc1cccc(OC)c1C(=O)Nc1ccc(C(=O)N2CCCCC2)cc1. The number of hydrogen-bond donors (Lipinski definition) is 1. The van der Waals surface area contributed by atoms with Gasteiger partial charge in [-0.25, -0.2) is 0 Å². The zero-order valence-electron chi connectivity index (χ0n) is 15.7. The lowest BCUT2D eigenvalue weighted by Crippen LogP contribution is -2.35. The fraction of sp³-hybridized carbons (Fsp3) is 0.333. The highest BCUT2D eigenvalue weighted by Crippen LogP contribution is 2.29. The van der Waals surface area contributed by atoms with Gasteiger partial charge in [-0.15, -0.1) is 0 Å². The maximum absolute atomic E-state index is 12.7. The first-order valence-corrected chi connectivity index (χ1v) is 9.05. The van der Waals surface area contributed by atoms with E-state index in [1.54, 1.807) is 42.5 Å². The van der Waals surface area contributed by atoms with Crippen molar-refractivity contribution in [3.8, 4) is 11.5 Å². The number of methoxy groups -OCH3 is 2. The second kappa shape index (κ2) is 8.58. The Kier molecular flexibility index (Phi) is 5.96. The zero-order valence-corrected chi connectivity index (χ0v) is 15.7. The van der Waals surface area contributed by atoms with Gasteiger partial charge in [-0.3, -0.25) is 9.59 Å². The van der Waals surface area contributed by atoms with Crippen molar-refractivity contribution in [2.75, 3.05) is 32.6 Å². The molecule has 0 radical (unpaired) electrons. The standard InChI is InChI=1S/C21H24N2O4/c1-26-17-7-6-8-18(27-2)19(17)20(24)22-16-11-9-15(10-12-16)21(25)23-13-4-3-5-14-23/h6-12H,3-5,13-14H2,1-2H3,(H,22,24). The molecule has 1 fully saturated rings. The van der Waals surface area contributed by atoms with Gasteiger partial charge in [-0.1, -0.05) is 6.07 Å². The van der Waals surface area contributed by atoms with Crippen LogP contribution in [0, 0.1) is 0 Å². The number of likely N-dealkylation sites (tertiary alicyclic amines) is 1. The van der Waals surface area contributed by atoms with Crippen molar-refractivity contribution in [1.29, 1.82) is 0 Å². The Morgan fingerprint density at radius 1 is 0.889 bits per heavy atom. The molecule has 142 valence electrons. The summed E-state index contributed by atoms with van der Waals surface area (Å²) in [6.07, 6.45) is 3.29. The molecular formula is C21H24N2O4. The predicted octanol–water partition coefficient (Wildman–Crippen LogP) is 3.58. The van der Waals surface area contributed by atoms with Crippen LogP contribution in [0.15, 0.2) is 42.5 Å². The van der Waals surface area contributed by atoms with Gasteiger partial charge >= 0.3 is 0 Å². The molecule has 1 aliphatic heterocycles. The number of amides is 2. The van der Waals surface area contributed by atoms with Crippen LogP contribution in [0.5, 0.6) is 11.5 Å². The number of nitrogens with one attached hydrogen (secondary N) is 1. The first-order chi connectivity index (χ1) is 13.1. The molecule has 0 aromatic heterocycles. The molecule has 2 aromatic carbocycles. The lowest BCUT2D eigenvalue weighted by atomic mass is 10.1. The summed E-state index contributed by atoms with van der Waals surface area (Å²) in [6, 6.07) is 12.1. The molecule has 0 aliphatic carbocycles. The third kappa shape index (κ3) is 4.22. The van der Waals surface area contributed by atoms with E-state index in [1.807, 2.05) is 4.90 Å². The molecule has 2 amide bonds. The number of carbonyl (C=O) groups is 2. The van der Waals surface area contributed by atoms with Gasteiger partial charge in [-0.05, 0) is 55.7 Å². The van der Waals surface area contributed by atoms with Crippen LogP contribution in [-0.4, -0.2) is 44.0 Å². The minimum Gasteiger partial charge on any atom is -0.496 e. The molecule has 0 saturated carbocycles. The van der Waals surface area contributed by atoms with E-state index >= 15 is 0 Å². The van der Waals surface area contributed by atoms with Crippen LogP contribution in [0.2, 0.25) is 0 Å². The Morgan fingerprint density at radius 3 is 2.04 bits per heavy atom. The fourth-order valence-corrected chi connectivity index (χ4v) is 3.24. The van der Waals surface area contributed by atoms with Crippen LogP contribution in [0.1, 0.15) is 40.0 Å². The number of carbonyl (C=O) groups excluding carboxylic acids is 2. The van der Waals surface area contributed by atoms with E-state index in [4.69, 9.17) is 9.47 Å². The van der Waals surface area contributed by atoms with Gasteiger partial charge in [0, 0.05) is 24.3 Å².